The van der Waals surface area contributed by atoms with E-state index in [1.54, 1.807) is 7.11 Å². The summed E-state index contributed by atoms with van der Waals surface area (Å²) in [5.41, 5.74) is 3.78. The van der Waals surface area contributed by atoms with Crippen molar-refractivity contribution in [2.75, 3.05) is 7.11 Å². The second kappa shape index (κ2) is 6.53. The zero-order valence-electron chi connectivity index (χ0n) is 12.4. The first-order valence-corrected chi connectivity index (χ1v) is 8.27. The highest BCUT2D eigenvalue weighted by Crippen LogP contribution is 2.45. The van der Waals surface area contributed by atoms with E-state index in [0.717, 1.165) is 5.75 Å². The van der Waals surface area contributed by atoms with E-state index >= 15 is 0 Å². The molecule has 0 atom stereocenters. The molecule has 0 aliphatic carbocycles. The zero-order chi connectivity index (χ0) is 15.4. The predicted molar refractivity (Wildman–Crippen MR) is 99.8 cm³/mol. The predicted octanol–water partition coefficient (Wildman–Crippen LogP) is 5.42. The molecule has 0 saturated heterocycles. The minimum atomic E-state index is -0.216. The van der Waals surface area contributed by atoms with Gasteiger partial charge in [-0.1, -0.05) is 95.4 Å². The van der Waals surface area contributed by atoms with Gasteiger partial charge in [-0.15, -0.1) is 0 Å². The molecule has 0 radical (unpaired) electrons. The average molecular weight is 400 g/mol. The summed E-state index contributed by atoms with van der Waals surface area (Å²) in [6, 6.07) is 29.6. The van der Waals surface area contributed by atoms with Crippen LogP contribution in [0.4, 0.5) is 0 Å². The van der Waals surface area contributed by atoms with Crippen LogP contribution in [0.5, 0.6) is 5.75 Å². The molecule has 0 N–H and O–H groups in total. The topological polar surface area (TPSA) is 9.23 Å². The number of methoxy groups -OCH3 is 1. The van der Waals surface area contributed by atoms with Crippen molar-refractivity contribution in [3.8, 4) is 5.75 Å². The van der Waals surface area contributed by atoms with E-state index in [4.69, 9.17) is 4.74 Å². The molecule has 0 aliphatic heterocycles. The molecule has 1 nitrogen and oxygen atoms in total. The van der Waals surface area contributed by atoms with E-state index in [-0.39, 0.29) is 3.42 Å². The molecular formula is C20H17IO. The average Bonchev–Trinajstić information content (AvgIpc) is 2.62. The van der Waals surface area contributed by atoms with Gasteiger partial charge in [0.05, 0.1) is 10.5 Å². The lowest BCUT2D eigenvalue weighted by Crippen LogP contribution is -2.21. The Morgan fingerprint density at radius 1 is 0.636 bits per heavy atom. The fourth-order valence-electron chi connectivity index (χ4n) is 2.66. The summed E-state index contributed by atoms with van der Waals surface area (Å²) in [6.07, 6.45) is 0. The minimum absolute atomic E-state index is 0.216. The summed E-state index contributed by atoms with van der Waals surface area (Å²) >= 11 is 2.56. The molecule has 3 aromatic rings. The van der Waals surface area contributed by atoms with Gasteiger partial charge in [-0.25, -0.2) is 0 Å². The maximum Gasteiger partial charge on any atom is 0.118 e. The fraction of sp³-hybridized carbons (Fsp3) is 0.100. The van der Waals surface area contributed by atoms with E-state index in [1.807, 2.05) is 12.1 Å². The highest BCUT2D eigenvalue weighted by molar-refractivity contribution is 14.1. The number of hydrogen-bond donors (Lipinski definition) is 0. The molecule has 0 bridgehead atoms. The van der Waals surface area contributed by atoms with Gasteiger partial charge in [0.2, 0.25) is 0 Å². The Balaban J connectivity index is 2.18. The lowest BCUT2D eigenvalue weighted by molar-refractivity contribution is 0.414. The molecule has 0 spiro atoms. The van der Waals surface area contributed by atoms with Crippen LogP contribution in [0.2, 0.25) is 0 Å². The Bertz CT molecular complexity index is 681. The van der Waals surface area contributed by atoms with E-state index in [0.29, 0.717) is 0 Å². The van der Waals surface area contributed by atoms with Gasteiger partial charge in [0.1, 0.15) is 5.75 Å². The van der Waals surface area contributed by atoms with E-state index in [2.05, 4.69) is 95.4 Å². The number of halogens is 1. The molecule has 0 unspecified atom stereocenters. The molecule has 0 aliphatic rings. The number of rotatable bonds is 4. The van der Waals surface area contributed by atoms with Gasteiger partial charge in [-0.2, -0.15) is 0 Å². The quantitative estimate of drug-likeness (QED) is 0.323. The van der Waals surface area contributed by atoms with Crippen LogP contribution in [0, 0.1) is 0 Å². The highest BCUT2D eigenvalue weighted by Gasteiger charge is 2.32. The van der Waals surface area contributed by atoms with Crippen LogP contribution in [0.1, 0.15) is 16.7 Å². The van der Waals surface area contributed by atoms with Crippen LogP contribution >= 0.6 is 22.6 Å². The fourth-order valence-corrected chi connectivity index (χ4v) is 3.74. The maximum atomic E-state index is 5.29. The van der Waals surface area contributed by atoms with Crippen molar-refractivity contribution >= 4 is 22.6 Å². The largest absolute Gasteiger partial charge is 0.497 e. The lowest BCUT2D eigenvalue weighted by atomic mass is 9.85. The summed E-state index contributed by atoms with van der Waals surface area (Å²) in [5.74, 6) is 0.878. The summed E-state index contributed by atoms with van der Waals surface area (Å²) in [4.78, 5) is 0. The molecule has 0 amide bonds. The number of hydrogen-bond acceptors (Lipinski definition) is 1. The molecule has 3 aromatic carbocycles. The van der Waals surface area contributed by atoms with Gasteiger partial charge < -0.3 is 4.74 Å². The second-order valence-electron chi connectivity index (χ2n) is 5.12. The van der Waals surface area contributed by atoms with Gasteiger partial charge in [-0.3, -0.25) is 0 Å². The van der Waals surface area contributed by atoms with Crippen molar-refractivity contribution in [2.24, 2.45) is 0 Å². The van der Waals surface area contributed by atoms with Crippen LogP contribution in [-0.4, -0.2) is 7.11 Å². The molecule has 3 rings (SSSR count). The zero-order valence-corrected chi connectivity index (χ0v) is 14.5. The SMILES string of the molecule is COc1ccc(C(I)(c2ccccc2)c2ccccc2)cc1. The Morgan fingerprint density at radius 2 is 1.05 bits per heavy atom. The van der Waals surface area contributed by atoms with Gasteiger partial charge in [0, 0.05) is 0 Å². The summed E-state index contributed by atoms with van der Waals surface area (Å²) in [6.45, 7) is 0. The molecule has 0 aromatic heterocycles. The third kappa shape index (κ3) is 2.75. The molecule has 2 heteroatoms. The van der Waals surface area contributed by atoms with E-state index in [9.17, 15) is 0 Å². The van der Waals surface area contributed by atoms with Crippen molar-refractivity contribution in [3.63, 3.8) is 0 Å². The van der Waals surface area contributed by atoms with Gasteiger partial charge in [0.25, 0.3) is 0 Å². The van der Waals surface area contributed by atoms with Crippen LogP contribution in [0.3, 0.4) is 0 Å². The van der Waals surface area contributed by atoms with Gasteiger partial charge in [0.15, 0.2) is 0 Å². The number of alkyl halides is 1. The standard InChI is InChI=1S/C20H17IO/c1-22-19-14-12-18(13-15-19)20(21,16-8-4-2-5-9-16)17-10-6-3-7-11-17/h2-15H,1H3. The Labute approximate surface area is 145 Å². The van der Waals surface area contributed by atoms with Gasteiger partial charge in [-0.05, 0) is 28.8 Å². The first-order valence-electron chi connectivity index (χ1n) is 7.19. The smallest absolute Gasteiger partial charge is 0.118 e. The second-order valence-corrected chi connectivity index (χ2v) is 6.74. The van der Waals surface area contributed by atoms with E-state index < -0.39 is 0 Å². The summed E-state index contributed by atoms with van der Waals surface area (Å²) in [7, 11) is 1.70. The lowest BCUT2D eigenvalue weighted by Gasteiger charge is -2.30. The molecule has 110 valence electrons. The third-order valence-electron chi connectivity index (χ3n) is 3.83. The van der Waals surface area contributed by atoms with Gasteiger partial charge >= 0.3 is 0 Å². The Kier molecular flexibility index (Phi) is 4.48. The minimum Gasteiger partial charge on any atom is -0.497 e. The first kappa shape index (κ1) is 15.1. The Morgan fingerprint density at radius 3 is 1.45 bits per heavy atom. The van der Waals surface area contributed by atoms with Crippen molar-refractivity contribution in [1.29, 1.82) is 0 Å². The molecular weight excluding hydrogens is 383 g/mol. The maximum absolute atomic E-state index is 5.29. The highest BCUT2D eigenvalue weighted by atomic mass is 127. The third-order valence-corrected chi connectivity index (χ3v) is 5.70. The van der Waals surface area contributed by atoms with Crippen molar-refractivity contribution in [3.05, 3.63) is 102 Å². The normalized spacial score (nSPS) is 11.2. The summed E-state index contributed by atoms with van der Waals surface area (Å²) < 4.78 is 5.08. The molecule has 0 heterocycles. The first-order chi connectivity index (χ1) is 10.7. The number of ether oxygens (including phenoxy) is 1. The van der Waals surface area contributed by atoms with E-state index in [1.165, 1.54) is 16.7 Å². The molecule has 0 saturated carbocycles. The monoisotopic (exact) mass is 400 g/mol. The van der Waals surface area contributed by atoms with Crippen molar-refractivity contribution in [1.82, 2.24) is 0 Å². The van der Waals surface area contributed by atoms with Crippen LogP contribution in [0.15, 0.2) is 84.9 Å². The molecule has 22 heavy (non-hydrogen) atoms. The van der Waals surface area contributed by atoms with Crippen LogP contribution in [0.25, 0.3) is 0 Å². The van der Waals surface area contributed by atoms with Crippen molar-refractivity contribution < 1.29 is 4.74 Å². The summed E-state index contributed by atoms with van der Waals surface area (Å²) in [5, 5.41) is 0. The van der Waals surface area contributed by atoms with Crippen molar-refractivity contribution in [2.45, 2.75) is 3.42 Å². The molecule has 0 fully saturated rings. The Hall–Kier alpha value is -1.81. The van der Waals surface area contributed by atoms with Crippen LogP contribution < -0.4 is 4.74 Å². The van der Waals surface area contributed by atoms with Crippen LogP contribution in [-0.2, 0) is 3.42 Å². The number of benzene rings is 3.